The second kappa shape index (κ2) is 8.15. The van der Waals surface area contributed by atoms with Crippen LogP contribution in [0.3, 0.4) is 0 Å². The van der Waals surface area contributed by atoms with E-state index in [1.807, 2.05) is 0 Å². The molecule has 0 aliphatic carbocycles. The highest BCUT2D eigenvalue weighted by atomic mass is 16.7. The molecule has 5 atom stereocenters. The second-order valence-corrected chi connectivity index (χ2v) is 6.23. The summed E-state index contributed by atoms with van der Waals surface area (Å²) in [4.78, 5) is 22.4. The van der Waals surface area contributed by atoms with Gasteiger partial charge in [0.15, 0.2) is 11.5 Å². The van der Waals surface area contributed by atoms with Gasteiger partial charge in [-0.25, -0.2) is 4.79 Å². The summed E-state index contributed by atoms with van der Waals surface area (Å²) in [7, 11) is 1.40. The van der Waals surface area contributed by atoms with Gasteiger partial charge in [0.2, 0.25) is 6.29 Å². The van der Waals surface area contributed by atoms with E-state index in [1.54, 1.807) is 12.1 Å². The van der Waals surface area contributed by atoms with Gasteiger partial charge in [-0.15, -0.1) is 0 Å². The molecule has 0 saturated carbocycles. The lowest BCUT2D eigenvalue weighted by atomic mass is 9.99. The summed E-state index contributed by atoms with van der Waals surface area (Å²) in [6.45, 7) is 0.839. The molecular formula is C18H20O10. The Morgan fingerprint density at radius 2 is 1.86 bits per heavy atom. The number of hydrogen-bond acceptors (Lipinski definition) is 10. The van der Waals surface area contributed by atoms with E-state index in [0.29, 0.717) is 5.39 Å². The largest absolute Gasteiger partial charge is 0.493 e. The Balaban J connectivity index is 1.88. The number of rotatable bonds is 5. The molecule has 2 aromatic rings. The van der Waals surface area contributed by atoms with E-state index in [4.69, 9.17) is 23.4 Å². The monoisotopic (exact) mass is 396 g/mol. The Labute approximate surface area is 158 Å². The van der Waals surface area contributed by atoms with Gasteiger partial charge in [-0.2, -0.15) is 0 Å². The third-order valence-corrected chi connectivity index (χ3v) is 4.27. The van der Waals surface area contributed by atoms with E-state index in [2.05, 4.69) is 0 Å². The molecule has 28 heavy (non-hydrogen) atoms. The van der Waals surface area contributed by atoms with Crippen molar-refractivity contribution in [3.05, 3.63) is 34.7 Å². The SMILES string of the molecule is COc1cc2ccc(=O)oc2cc1OC1OC(COC(C)=O)C(O)C(O)C1O. The number of benzene rings is 1. The predicted molar refractivity (Wildman–Crippen MR) is 93.0 cm³/mol. The van der Waals surface area contributed by atoms with Crippen LogP contribution in [0.15, 0.2) is 33.5 Å². The van der Waals surface area contributed by atoms with Gasteiger partial charge in [0.1, 0.15) is 36.6 Å². The Kier molecular flexibility index (Phi) is 5.84. The number of aliphatic hydroxyl groups is 3. The van der Waals surface area contributed by atoms with Crippen LogP contribution >= 0.6 is 0 Å². The normalized spacial score (nSPS) is 27.4. The number of carbonyl (C=O) groups is 1. The molecule has 1 fully saturated rings. The third-order valence-electron chi connectivity index (χ3n) is 4.27. The van der Waals surface area contributed by atoms with Crippen LogP contribution in [0.1, 0.15) is 6.92 Å². The van der Waals surface area contributed by atoms with E-state index >= 15 is 0 Å². The number of esters is 1. The first kappa shape index (κ1) is 20.1. The maximum atomic E-state index is 11.4. The summed E-state index contributed by atoms with van der Waals surface area (Å²) in [5, 5.41) is 30.9. The highest BCUT2D eigenvalue weighted by Gasteiger charge is 2.45. The van der Waals surface area contributed by atoms with Crippen molar-refractivity contribution in [2.24, 2.45) is 0 Å². The summed E-state index contributed by atoms with van der Waals surface area (Å²) in [6.07, 6.45) is -7.25. The Morgan fingerprint density at radius 1 is 1.11 bits per heavy atom. The number of ether oxygens (including phenoxy) is 4. The van der Waals surface area contributed by atoms with Crippen LogP contribution < -0.4 is 15.1 Å². The summed E-state index contributed by atoms with van der Waals surface area (Å²) in [5.74, 6) is -0.266. The fraction of sp³-hybridized carbons (Fsp3) is 0.444. The minimum Gasteiger partial charge on any atom is -0.493 e. The smallest absolute Gasteiger partial charge is 0.336 e. The molecule has 1 saturated heterocycles. The molecule has 1 aromatic heterocycles. The lowest BCUT2D eigenvalue weighted by Gasteiger charge is -2.39. The number of fused-ring (bicyclic) bond motifs is 1. The van der Waals surface area contributed by atoms with Gasteiger partial charge >= 0.3 is 11.6 Å². The lowest BCUT2D eigenvalue weighted by Crippen LogP contribution is -2.60. The van der Waals surface area contributed by atoms with Gasteiger partial charge in [0.05, 0.1) is 7.11 Å². The first-order valence-electron chi connectivity index (χ1n) is 8.41. The van der Waals surface area contributed by atoms with Crippen LogP contribution in [0.4, 0.5) is 0 Å². The van der Waals surface area contributed by atoms with Gasteiger partial charge in [-0.05, 0) is 12.1 Å². The highest BCUT2D eigenvalue weighted by Crippen LogP contribution is 2.34. The molecule has 5 unspecified atom stereocenters. The minimum atomic E-state index is -1.61. The number of hydrogen-bond donors (Lipinski definition) is 3. The van der Waals surface area contributed by atoms with Crippen molar-refractivity contribution in [1.82, 2.24) is 0 Å². The van der Waals surface area contributed by atoms with Crippen molar-refractivity contribution in [3.8, 4) is 11.5 Å². The van der Waals surface area contributed by atoms with Crippen LogP contribution in [0, 0.1) is 0 Å². The standard InChI is InChI=1S/C18H20O10/c1-8(19)25-7-13-15(21)16(22)17(23)18(28-13)27-12-6-10-9(5-11(12)24-2)3-4-14(20)26-10/h3-6,13,15-18,21-23H,7H2,1-2H3. The van der Waals surface area contributed by atoms with Crippen LogP contribution in [-0.4, -0.2) is 65.7 Å². The molecule has 0 bridgehead atoms. The first-order chi connectivity index (χ1) is 13.3. The van der Waals surface area contributed by atoms with Crippen LogP contribution in [0.25, 0.3) is 11.0 Å². The predicted octanol–water partition coefficient (Wildman–Crippen LogP) is -0.449. The summed E-state index contributed by atoms with van der Waals surface area (Å²) in [5.41, 5.74) is -0.344. The number of aliphatic hydroxyl groups excluding tert-OH is 3. The van der Waals surface area contributed by atoms with Gasteiger partial charge in [-0.1, -0.05) is 0 Å². The average molecular weight is 396 g/mol. The molecule has 3 N–H and O–H groups in total. The Morgan fingerprint density at radius 3 is 2.54 bits per heavy atom. The highest BCUT2D eigenvalue weighted by molar-refractivity contribution is 5.80. The third kappa shape index (κ3) is 4.09. The molecule has 1 aliphatic heterocycles. The zero-order chi connectivity index (χ0) is 20.4. The van der Waals surface area contributed by atoms with E-state index in [1.165, 1.54) is 26.2 Å². The van der Waals surface area contributed by atoms with Gasteiger partial charge < -0.3 is 38.7 Å². The van der Waals surface area contributed by atoms with E-state index < -0.39 is 42.3 Å². The van der Waals surface area contributed by atoms with Crippen molar-refractivity contribution in [1.29, 1.82) is 0 Å². The molecule has 0 amide bonds. The van der Waals surface area contributed by atoms with E-state index in [0.717, 1.165) is 0 Å². The second-order valence-electron chi connectivity index (χ2n) is 6.23. The zero-order valence-electron chi connectivity index (χ0n) is 15.1. The molecule has 3 rings (SSSR count). The summed E-state index contributed by atoms with van der Waals surface area (Å²) >= 11 is 0. The fourth-order valence-electron chi connectivity index (χ4n) is 2.80. The van der Waals surface area contributed by atoms with Gasteiger partial charge in [0, 0.05) is 24.4 Å². The van der Waals surface area contributed by atoms with E-state index in [-0.39, 0.29) is 23.7 Å². The van der Waals surface area contributed by atoms with Crippen molar-refractivity contribution in [3.63, 3.8) is 0 Å². The van der Waals surface area contributed by atoms with Gasteiger partial charge in [-0.3, -0.25) is 4.79 Å². The molecular weight excluding hydrogens is 376 g/mol. The Hall–Kier alpha value is -2.66. The minimum absolute atomic E-state index is 0.0724. The van der Waals surface area contributed by atoms with Crippen LogP contribution in [-0.2, 0) is 14.3 Å². The van der Waals surface area contributed by atoms with E-state index in [9.17, 15) is 24.9 Å². The molecule has 1 aromatic carbocycles. The Bertz CT molecular complexity index is 907. The van der Waals surface area contributed by atoms with Crippen molar-refractivity contribution in [2.45, 2.75) is 37.6 Å². The molecule has 152 valence electrons. The molecule has 10 heteroatoms. The lowest BCUT2D eigenvalue weighted by molar-refractivity contribution is -0.278. The fourth-order valence-corrected chi connectivity index (χ4v) is 2.80. The molecule has 10 nitrogen and oxygen atoms in total. The topological polar surface area (TPSA) is 145 Å². The quantitative estimate of drug-likeness (QED) is 0.449. The number of carbonyl (C=O) groups excluding carboxylic acids is 1. The molecule has 0 radical (unpaired) electrons. The number of methoxy groups -OCH3 is 1. The molecule has 1 aliphatic rings. The van der Waals surface area contributed by atoms with Crippen LogP contribution in [0.2, 0.25) is 0 Å². The van der Waals surface area contributed by atoms with Crippen molar-refractivity contribution < 1.29 is 43.5 Å². The van der Waals surface area contributed by atoms with Crippen LogP contribution in [0.5, 0.6) is 11.5 Å². The van der Waals surface area contributed by atoms with Crippen molar-refractivity contribution >= 4 is 16.9 Å². The maximum absolute atomic E-state index is 11.4. The molecule has 0 spiro atoms. The maximum Gasteiger partial charge on any atom is 0.336 e. The molecule has 2 heterocycles. The average Bonchev–Trinajstić information content (AvgIpc) is 2.66. The zero-order valence-corrected chi connectivity index (χ0v) is 15.1. The summed E-state index contributed by atoms with van der Waals surface area (Å²) < 4.78 is 26.2. The first-order valence-corrected chi connectivity index (χ1v) is 8.41. The van der Waals surface area contributed by atoms with Gasteiger partial charge in [0.25, 0.3) is 0 Å². The summed E-state index contributed by atoms with van der Waals surface area (Å²) in [6, 6.07) is 5.75. The van der Waals surface area contributed by atoms with Crippen molar-refractivity contribution in [2.75, 3.05) is 13.7 Å².